The van der Waals surface area contributed by atoms with Gasteiger partial charge in [0.25, 0.3) is 0 Å². The van der Waals surface area contributed by atoms with Gasteiger partial charge in [0.2, 0.25) is 0 Å². The lowest BCUT2D eigenvalue weighted by Gasteiger charge is -2.43. The number of piperidine rings is 1. The Kier molecular flexibility index (Phi) is 6.27. The van der Waals surface area contributed by atoms with E-state index in [0.717, 1.165) is 32.3 Å². The molecule has 2 heterocycles. The van der Waals surface area contributed by atoms with Crippen molar-refractivity contribution >= 4 is 0 Å². The number of nitrogens with one attached hydrogen (secondary N) is 1. The predicted molar refractivity (Wildman–Crippen MR) is 84.2 cm³/mol. The SMILES string of the molecule is CCNCC1(CN(C)C2CCN(C)CC2)CCCOC1. The molecule has 0 saturated carbocycles. The van der Waals surface area contributed by atoms with E-state index in [1.165, 1.54) is 45.3 Å². The van der Waals surface area contributed by atoms with Crippen molar-refractivity contribution in [3.8, 4) is 0 Å². The van der Waals surface area contributed by atoms with E-state index in [4.69, 9.17) is 4.74 Å². The molecule has 2 saturated heterocycles. The molecule has 0 aliphatic carbocycles. The normalized spacial score (nSPS) is 30.0. The molecule has 0 radical (unpaired) electrons. The molecule has 2 aliphatic rings. The fourth-order valence-electron chi connectivity index (χ4n) is 3.71. The highest BCUT2D eigenvalue weighted by atomic mass is 16.5. The van der Waals surface area contributed by atoms with Crippen LogP contribution >= 0.6 is 0 Å². The molecule has 2 fully saturated rings. The fraction of sp³-hybridized carbons (Fsp3) is 1.00. The van der Waals surface area contributed by atoms with Gasteiger partial charge in [-0.15, -0.1) is 0 Å². The Balaban J connectivity index is 1.89. The molecule has 0 amide bonds. The lowest BCUT2D eigenvalue weighted by Crippen LogP contribution is -2.52. The van der Waals surface area contributed by atoms with Crippen LogP contribution < -0.4 is 5.32 Å². The molecule has 4 nitrogen and oxygen atoms in total. The first-order chi connectivity index (χ1) is 9.65. The van der Waals surface area contributed by atoms with Crippen molar-refractivity contribution < 1.29 is 4.74 Å². The quantitative estimate of drug-likeness (QED) is 0.798. The van der Waals surface area contributed by atoms with Crippen LogP contribution in [-0.2, 0) is 4.74 Å². The Morgan fingerprint density at radius 3 is 2.70 bits per heavy atom. The van der Waals surface area contributed by atoms with Gasteiger partial charge in [-0.1, -0.05) is 6.92 Å². The van der Waals surface area contributed by atoms with Crippen molar-refractivity contribution in [2.24, 2.45) is 5.41 Å². The van der Waals surface area contributed by atoms with Gasteiger partial charge in [0.15, 0.2) is 0 Å². The Bertz CT molecular complexity index is 271. The van der Waals surface area contributed by atoms with Crippen LogP contribution in [0.3, 0.4) is 0 Å². The van der Waals surface area contributed by atoms with E-state index in [1.807, 2.05) is 0 Å². The van der Waals surface area contributed by atoms with Crippen LogP contribution in [0.1, 0.15) is 32.6 Å². The van der Waals surface area contributed by atoms with Gasteiger partial charge in [-0.05, 0) is 59.4 Å². The van der Waals surface area contributed by atoms with Crippen molar-refractivity contribution in [1.29, 1.82) is 0 Å². The Morgan fingerprint density at radius 2 is 2.10 bits per heavy atom. The van der Waals surface area contributed by atoms with Crippen molar-refractivity contribution in [3.05, 3.63) is 0 Å². The molecule has 1 unspecified atom stereocenters. The van der Waals surface area contributed by atoms with Gasteiger partial charge in [-0.25, -0.2) is 0 Å². The standard InChI is InChI=1S/C16H33N3O/c1-4-17-12-16(8-5-11-20-14-16)13-19(3)15-6-9-18(2)10-7-15/h15,17H,4-14H2,1-3H3. The number of rotatable bonds is 6. The summed E-state index contributed by atoms with van der Waals surface area (Å²) in [7, 11) is 4.55. The maximum absolute atomic E-state index is 5.81. The summed E-state index contributed by atoms with van der Waals surface area (Å²) in [6.45, 7) is 9.88. The monoisotopic (exact) mass is 283 g/mol. The average Bonchev–Trinajstić information content (AvgIpc) is 2.47. The molecule has 4 heteroatoms. The zero-order chi connectivity index (χ0) is 14.4. The summed E-state index contributed by atoms with van der Waals surface area (Å²) in [6.07, 6.45) is 5.14. The largest absolute Gasteiger partial charge is 0.381 e. The number of hydrogen-bond donors (Lipinski definition) is 1. The molecule has 118 valence electrons. The van der Waals surface area contributed by atoms with Gasteiger partial charge in [-0.2, -0.15) is 0 Å². The molecule has 0 aromatic rings. The minimum Gasteiger partial charge on any atom is -0.381 e. The summed E-state index contributed by atoms with van der Waals surface area (Å²) in [5, 5.41) is 3.56. The molecule has 0 spiro atoms. The highest BCUT2D eigenvalue weighted by molar-refractivity contribution is 4.89. The van der Waals surface area contributed by atoms with Crippen LogP contribution in [0.2, 0.25) is 0 Å². The van der Waals surface area contributed by atoms with Gasteiger partial charge in [-0.3, -0.25) is 0 Å². The lowest BCUT2D eigenvalue weighted by atomic mass is 9.81. The Hall–Kier alpha value is -0.160. The van der Waals surface area contributed by atoms with Crippen molar-refractivity contribution in [2.45, 2.75) is 38.6 Å². The number of ether oxygens (including phenoxy) is 1. The maximum Gasteiger partial charge on any atom is 0.0546 e. The van der Waals surface area contributed by atoms with Gasteiger partial charge >= 0.3 is 0 Å². The third-order valence-electron chi connectivity index (χ3n) is 5.05. The van der Waals surface area contributed by atoms with Crippen molar-refractivity contribution in [1.82, 2.24) is 15.1 Å². The maximum atomic E-state index is 5.81. The van der Waals surface area contributed by atoms with E-state index in [-0.39, 0.29) is 0 Å². The summed E-state index contributed by atoms with van der Waals surface area (Å²) < 4.78 is 5.81. The highest BCUT2D eigenvalue weighted by Gasteiger charge is 2.35. The first-order valence-electron chi connectivity index (χ1n) is 8.32. The second-order valence-electron chi connectivity index (χ2n) is 6.89. The molecular formula is C16H33N3O. The molecule has 2 rings (SSSR count). The minimum absolute atomic E-state index is 0.326. The number of nitrogens with zero attached hydrogens (tertiary/aromatic N) is 2. The fourth-order valence-corrected chi connectivity index (χ4v) is 3.71. The highest BCUT2D eigenvalue weighted by Crippen LogP contribution is 2.30. The van der Waals surface area contributed by atoms with Gasteiger partial charge in [0.05, 0.1) is 6.61 Å². The average molecular weight is 283 g/mol. The second kappa shape index (κ2) is 7.74. The van der Waals surface area contributed by atoms with E-state index in [2.05, 4.69) is 36.1 Å². The van der Waals surface area contributed by atoms with E-state index < -0.39 is 0 Å². The zero-order valence-electron chi connectivity index (χ0n) is 13.7. The molecule has 20 heavy (non-hydrogen) atoms. The Morgan fingerprint density at radius 1 is 1.35 bits per heavy atom. The van der Waals surface area contributed by atoms with Gasteiger partial charge in [0, 0.05) is 31.2 Å². The van der Waals surface area contributed by atoms with Gasteiger partial charge in [0.1, 0.15) is 0 Å². The zero-order valence-corrected chi connectivity index (χ0v) is 13.7. The molecule has 2 aliphatic heterocycles. The molecule has 0 aromatic carbocycles. The number of likely N-dealkylation sites (tertiary alicyclic amines) is 1. The second-order valence-corrected chi connectivity index (χ2v) is 6.89. The predicted octanol–water partition coefficient (Wildman–Crippen LogP) is 1.42. The summed E-state index contributed by atoms with van der Waals surface area (Å²) in [6, 6.07) is 0.756. The van der Waals surface area contributed by atoms with Crippen molar-refractivity contribution in [2.75, 3.05) is 60.0 Å². The van der Waals surface area contributed by atoms with Gasteiger partial charge < -0.3 is 19.9 Å². The third-order valence-corrected chi connectivity index (χ3v) is 5.05. The number of hydrogen-bond acceptors (Lipinski definition) is 4. The van der Waals surface area contributed by atoms with Crippen LogP contribution in [0.4, 0.5) is 0 Å². The van der Waals surface area contributed by atoms with Crippen LogP contribution in [0, 0.1) is 5.41 Å². The smallest absolute Gasteiger partial charge is 0.0546 e. The molecule has 1 N–H and O–H groups in total. The molecule has 0 aromatic heterocycles. The van der Waals surface area contributed by atoms with E-state index in [9.17, 15) is 0 Å². The van der Waals surface area contributed by atoms with E-state index >= 15 is 0 Å². The molecule has 0 bridgehead atoms. The van der Waals surface area contributed by atoms with Crippen LogP contribution in [-0.4, -0.2) is 75.9 Å². The summed E-state index contributed by atoms with van der Waals surface area (Å²) in [4.78, 5) is 5.06. The van der Waals surface area contributed by atoms with Crippen LogP contribution in [0.15, 0.2) is 0 Å². The minimum atomic E-state index is 0.326. The Labute approximate surface area is 124 Å². The lowest BCUT2D eigenvalue weighted by molar-refractivity contribution is -0.0316. The molecule has 1 atom stereocenters. The van der Waals surface area contributed by atoms with Crippen LogP contribution in [0.25, 0.3) is 0 Å². The van der Waals surface area contributed by atoms with Crippen molar-refractivity contribution in [3.63, 3.8) is 0 Å². The molecular weight excluding hydrogens is 250 g/mol. The summed E-state index contributed by atoms with van der Waals surface area (Å²) >= 11 is 0. The summed E-state index contributed by atoms with van der Waals surface area (Å²) in [5.74, 6) is 0. The first-order valence-corrected chi connectivity index (χ1v) is 8.32. The van der Waals surface area contributed by atoms with Crippen LogP contribution in [0.5, 0.6) is 0 Å². The van der Waals surface area contributed by atoms with E-state index in [1.54, 1.807) is 0 Å². The van der Waals surface area contributed by atoms with E-state index in [0.29, 0.717) is 5.41 Å². The first kappa shape index (κ1) is 16.2. The summed E-state index contributed by atoms with van der Waals surface area (Å²) in [5.41, 5.74) is 0.326. The third kappa shape index (κ3) is 4.42. The topological polar surface area (TPSA) is 27.7 Å².